The normalized spacial score (nSPS) is 19.4. The second-order valence-corrected chi connectivity index (χ2v) is 7.09. The van der Waals surface area contributed by atoms with Crippen LogP contribution >= 0.6 is 0 Å². The minimum absolute atomic E-state index is 0.00790. The van der Waals surface area contributed by atoms with Crippen molar-refractivity contribution in [2.24, 2.45) is 0 Å². The number of rotatable bonds is 4. The monoisotopic (exact) mass is 333 g/mol. The number of benzene rings is 2. The van der Waals surface area contributed by atoms with Gasteiger partial charge >= 0.3 is 10.1 Å². The zero-order valence-corrected chi connectivity index (χ0v) is 13.7. The van der Waals surface area contributed by atoms with Crippen molar-refractivity contribution in [2.45, 2.75) is 11.0 Å². The second-order valence-electron chi connectivity index (χ2n) is 5.54. The van der Waals surface area contributed by atoms with Gasteiger partial charge in [0.1, 0.15) is 10.6 Å². The van der Waals surface area contributed by atoms with Crippen LogP contribution in [0.2, 0.25) is 0 Å². The van der Waals surface area contributed by atoms with E-state index in [9.17, 15) is 8.42 Å². The highest BCUT2D eigenvalue weighted by atomic mass is 32.2. The van der Waals surface area contributed by atoms with Crippen LogP contribution in [-0.4, -0.2) is 40.1 Å². The highest BCUT2D eigenvalue weighted by molar-refractivity contribution is 7.87. The van der Waals surface area contributed by atoms with Gasteiger partial charge in [0.15, 0.2) is 0 Å². The molecule has 1 fully saturated rings. The number of hydrogen-bond donors (Lipinski definition) is 0. The van der Waals surface area contributed by atoms with E-state index in [0.717, 1.165) is 18.7 Å². The first kappa shape index (κ1) is 16.0. The Morgan fingerprint density at radius 1 is 1.09 bits per heavy atom. The van der Waals surface area contributed by atoms with Crippen LogP contribution in [0.4, 0.5) is 0 Å². The maximum atomic E-state index is 12.2. The zero-order chi connectivity index (χ0) is 16.3. The number of nitrogens with zero attached hydrogens (tertiary/aromatic N) is 1. The average Bonchev–Trinajstić information content (AvgIpc) is 2.56. The molecule has 1 heterocycles. The number of ether oxygens (including phenoxy) is 1. The lowest BCUT2D eigenvalue weighted by Gasteiger charge is -2.30. The van der Waals surface area contributed by atoms with Crippen LogP contribution < -0.4 is 4.18 Å². The maximum Gasteiger partial charge on any atom is 0.339 e. The Morgan fingerprint density at radius 3 is 2.43 bits per heavy atom. The van der Waals surface area contributed by atoms with Gasteiger partial charge < -0.3 is 13.8 Å². The second kappa shape index (κ2) is 6.70. The van der Waals surface area contributed by atoms with Gasteiger partial charge in [-0.3, -0.25) is 0 Å². The van der Waals surface area contributed by atoms with E-state index in [0.29, 0.717) is 12.4 Å². The van der Waals surface area contributed by atoms with Gasteiger partial charge in [0.25, 0.3) is 0 Å². The molecule has 1 atom stereocenters. The number of hydrogen-bond acceptors (Lipinski definition) is 5. The zero-order valence-electron chi connectivity index (χ0n) is 12.9. The predicted octanol–water partition coefficient (Wildman–Crippen LogP) is 2.46. The van der Waals surface area contributed by atoms with Crippen molar-refractivity contribution >= 4 is 10.1 Å². The molecule has 0 saturated carbocycles. The summed E-state index contributed by atoms with van der Waals surface area (Å²) in [6.07, 6.45) is 0.00790. The Kier molecular flexibility index (Phi) is 4.66. The molecule has 23 heavy (non-hydrogen) atoms. The summed E-state index contributed by atoms with van der Waals surface area (Å²) >= 11 is 0. The van der Waals surface area contributed by atoms with Gasteiger partial charge in [0.2, 0.25) is 0 Å². The van der Waals surface area contributed by atoms with Crippen LogP contribution in [0.15, 0.2) is 59.5 Å². The molecule has 0 spiro atoms. The van der Waals surface area contributed by atoms with Crippen molar-refractivity contribution in [1.29, 1.82) is 0 Å². The molecule has 0 aliphatic carbocycles. The molecule has 0 aromatic heterocycles. The average molecular weight is 333 g/mol. The predicted molar refractivity (Wildman–Crippen MR) is 86.9 cm³/mol. The quantitative estimate of drug-likeness (QED) is 0.805. The summed E-state index contributed by atoms with van der Waals surface area (Å²) in [6, 6.07) is 15.1. The van der Waals surface area contributed by atoms with E-state index in [2.05, 4.69) is 11.9 Å². The van der Waals surface area contributed by atoms with E-state index in [1.807, 2.05) is 12.1 Å². The molecule has 0 bridgehead atoms. The van der Waals surface area contributed by atoms with Crippen molar-refractivity contribution in [1.82, 2.24) is 4.90 Å². The van der Waals surface area contributed by atoms with E-state index in [-0.39, 0.29) is 11.0 Å². The van der Waals surface area contributed by atoms with Gasteiger partial charge in [0.05, 0.1) is 12.7 Å². The molecule has 122 valence electrons. The van der Waals surface area contributed by atoms with Gasteiger partial charge in [-0.2, -0.15) is 8.42 Å². The number of morpholine rings is 1. The molecule has 2 aromatic carbocycles. The number of likely N-dealkylation sites (N-methyl/N-ethyl adjacent to an activating group) is 1. The van der Waals surface area contributed by atoms with Gasteiger partial charge in [-0.15, -0.1) is 0 Å². The minimum Gasteiger partial charge on any atom is -0.379 e. The van der Waals surface area contributed by atoms with E-state index < -0.39 is 10.1 Å². The Labute approximate surface area is 136 Å². The van der Waals surface area contributed by atoms with Crippen LogP contribution in [0.5, 0.6) is 5.75 Å². The van der Waals surface area contributed by atoms with Crippen LogP contribution in [-0.2, 0) is 14.9 Å². The van der Waals surface area contributed by atoms with Gasteiger partial charge in [-0.1, -0.05) is 30.3 Å². The Balaban J connectivity index is 1.73. The SMILES string of the molecule is CN1CCO[C@@H](c2ccc(OS(=O)(=O)c3ccccc3)cc2)C1. The molecular formula is C17H19NO4S. The largest absolute Gasteiger partial charge is 0.379 e. The molecule has 1 aliphatic heterocycles. The third-order valence-electron chi connectivity index (χ3n) is 3.76. The summed E-state index contributed by atoms with van der Waals surface area (Å²) in [5.41, 5.74) is 1.01. The van der Waals surface area contributed by atoms with Crippen molar-refractivity contribution in [3.63, 3.8) is 0 Å². The molecule has 2 aromatic rings. The lowest BCUT2D eigenvalue weighted by molar-refractivity contribution is -0.0209. The fourth-order valence-electron chi connectivity index (χ4n) is 2.48. The summed E-state index contributed by atoms with van der Waals surface area (Å²) in [7, 11) is -1.74. The highest BCUT2D eigenvalue weighted by Crippen LogP contribution is 2.25. The van der Waals surface area contributed by atoms with E-state index >= 15 is 0 Å². The van der Waals surface area contributed by atoms with Crippen molar-refractivity contribution < 1.29 is 17.3 Å². The third-order valence-corrected chi connectivity index (χ3v) is 5.02. The standard InChI is InChI=1S/C17H19NO4S/c1-18-11-12-21-17(13-18)14-7-9-15(10-8-14)22-23(19,20)16-5-3-2-4-6-16/h2-10,17H,11-13H2,1H3/t17-/m1/s1. The first-order valence-corrected chi connectivity index (χ1v) is 8.85. The maximum absolute atomic E-state index is 12.2. The molecule has 0 unspecified atom stereocenters. The fraction of sp³-hybridized carbons (Fsp3) is 0.294. The smallest absolute Gasteiger partial charge is 0.339 e. The molecule has 0 radical (unpaired) electrons. The highest BCUT2D eigenvalue weighted by Gasteiger charge is 2.20. The molecule has 0 amide bonds. The van der Waals surface area contributed by atoms with Gasteiger partial charge in [-0.05, 0) is 36.9 Å². The van der Waals surface area contributed by atoms with Crippen LogP contribution in [0.1, 0.15) is 11.7 Å². The van der Waals surface area contributed by atoms with Crippen molar-refractivity contribution in [2.75, 3.05) is 26.7 Å². The van der Waals surface area contributed by atoms with Crippen LogP contribution in [0.25, 0.3) is 0 Å². The third kappa shape index (κ3) is 3.90. The van der Waals surface area contributed by atoms with Crippen LogP contribution in [0, 0.1) is 0 Å². The minimum atomic E-state index is -3.80. The first-order valence-electron chi connectivity index (χ1n) is 7.44. The van der Waals surface area contributed by atoms with E-state index in [1.54, 1.807) is 30.3 Å². The molecule has 1 saturated heterocycles. The topological polar surface area (TPSA) is 55.8 Å². The molecule has 1 aliphatic rings. The summed E-state index contributed by atoms with van der Waals surface area (Å²) in [4.78, 5) is 2.35. The first-order chi connectivity index (χ1) is 11.0. The summed E-state index contributed by atoms with van der Waals surface area (Å²) in [5.74, 6) is 0.293. The van der Waals surface area contributed by atoms with Gasteiger partial charge in [0, 0.05) is 13.1 Å². The molecular weight excluding hydrogens is 314 g/mol. The Morgan fingerprint density at radius 2 is 1.78 bits per heavy atom. The summed E-state index contributed by atoms with van der Waals surface area (Å²) in [5, 5.41) is 0. The van der Waals surface area contributed by atoms with E-state index in [4.69, 9.17) is 8.92 Å². The lowest BCUT2D eigenvalue weighted by atomic mass is 10.1. The molecule has 6 heteroatoms. The summed E-state index contributed by atoms with van der Waals surface area (Å²) < 4.78 is 35.3. The molecule has 3 rings (SSSR count). The van der Waals surface area contributed by atoms with Crippen molar-refractivity contribution in [3.05, 3.63) is 60.2 Å². The fourth-order valence-corrected chi connectivity index (χ4v) is 3.43. The molecule has 0 N–H and O–H groups in total. The summed E-state index contributed by atoms with van der Waals surface area (Å²) in [6.45, 7) is 2.44. The van der Waals surface area contributed by atoms with Crippen LogP contribution in [0.3, 0.4) is 0 Å². The van der Waals surface area contributed by atoms with Gasteiger partial charge in [-0.25, -0.2) is 0 Å². The van der Waals surface area contributed by atoms with Crippen molar-refractivity contribution in [3.8, 4) is 5.75 Å². The van der Waals surface area contributed by atoms with E-state index in [1.165, 1.54) is 12.1 Å². The lowest BCUT2D eigenvalue weighted by Crippen LogP contribution is -2.35. The molecule has 5 nitrogen and oxygen atoms in total. The Hall–Kier alpha value is -1.89. The Bertz CT molecular complexity index is 744.